The van der Waals surface area contributed by atoms with E-state index in [0.29, 0.717) is 18.9 Å². The first-order valence-corrected chi connectivity index (χ1v) is 11.6. The number of guanidine groups is 1. The lowest BCUT2D eigenvalue weighted by molar-refractivity contribution is 0.599. The van der Waals surface area contributed by atoms with Crippen LogP contribution in [0, 0.1) is 6.92 Å². The van der Waals surface area contributed by atoms with E-state index in [1.807, 2.05) is 48.9 Å². The number of sulfone groups is 1. The van der Waals surface area contributed by atoms with Gasteiger partial charge in [-0.3, -0.25) is 4.99 Å². The number of aryl methyl sites for hydroxylation is 2. The van der Waals surface area contributed by atoms with Gasteiger partial charge in [0, 0.05) is 25.3 Å². The number of halogens is 1. The smallest absolute Gasteiger partial charge is 0.191 e. The molecular weight excluding hydrogens is 501 g/mol. The number of hydrogen-bond acceptors (Lipinski definition) is 4. The summed E-state index contributed by atoms with van der Waals surface area (Å²) in [5.74, 6) is 1.14. The zero-order valence-electron chi connectivity index (χ0n) is 17.0. The summed E-state index contributed by atoms with van der Waals surface area (Å²) in [6.07, 6.45) is 4.53. The molecule has 0 aliphatic carbocycles. The van der Waals surface area contributed by atoms with Crippen molar-refractivity contribution in [1.82, 2.24) is 20.4 Å². The van der Waals surface area contributed by atoms with Gasteiger partial charge in [-0.15, -0.1) is 24.0 Å². The molecule has 0 radical (unpaired) electrons. The Morgan fingerprint density at radius 1 is 1.31 bits per heavy atom. The zero-order chi connectivity index (χ0) is 20.0. The van der Waals surface area contributed by atoms with Gasteiger partial charge in [-0.05, 0) is 50.8 Å². The third kappa shape index (κ3) is 6.98. The number of aliphatic imine (C=N–C) groups is 1. The fourth-order valence-electron chi connectivity index (χ4n) is 3.34. The average Bonchev–Trinajstić information content (AvgIpc) is 3.21. The molecule has 1 atom stereocenters. The number of nitrogens with one attached hydrogen (secondary N) is 2. The quantitative estimate of drug-likeness (QED) is 0.248. The zero-order valence-corrected chi connectivity index (χ0v) is 20.1. The minimum Gasteiger partial charge on any atom is -0.357 e. The van der Waals surface area contributed by atoms with E-state index in [-0.39, 0.29) is 41.5 Å². The maximum Gasteiger partial charge on any atom is 0.191 e. The molecular formula is C20H30IN5O2S. The highest BCUT2D eigenvalue weighted by Crippen LogP contribution is 2.14. The van der Waals surface area contributed by atoms with Gasteiger partial charge in [-0.1, -0.05) is 18.2 Å². The molecule has 1 unspecified atom stereocenters. The number of benzene rings is 1. The van der Waals surface area contributed by atoms with Crippen molar-refractivity contribution in [3.8, 4) is 5.69 Å². The summed E-state index contributed by atoms with van der Waals surface area (Å²) in [7, 11) is -2.90. The maximum atomic E-state index is 11.6. The van der Waals surface area contributed by atoms with Crippen LogP contribution in [0.4, 0.5) is 0 Å². The summed E-state index contributed by atoms with van der Waals surface area (Å²) in [6.45, 7) is 5.45. The minimum atomic E-state index is -2.90. The Kier molecular flexibility index (Phi) is 8.94. The van der Waals surface area contributed by atoms with Crippen molar-refractivity contribution in [3.05, 3.63) is 47.8 Å². The summed E-state index contributed by atoms with van der Waals surface area (Å²) >= 11 is 0. The van der Waals surface area contributed by atoms with E-state index in [1.54, 1.807) is 0 Å². The fourth-order valence-corrected chi connectivity index (χ4v) is 5.01. The van der Waals surface area contributed by atoms with Crippen LogP contribution in [0.15, 0.2) is 41.5 Å². The first-order chi connectivity index (χ1) is 13.5. The molecule has 0 bridgehead atoms. The van der Waals surface area contributed by atoms with Crippen LogP contribution in [-0.4, -0.2) is 54.8 Å². The van der Waals surface area contributed by atoms with Gasteiger partial charge in [0.05, 0.1) is 22.9 Å². The molecule has 1 aliphatic rings. The molecule has 1 aliphatic heterocycles. The highest BCUT2D eigenvalue weighted by molar-refractivity contribution is 14.0. The van der Waals surface area contributed by atoms with E-state index in [9.17, 15) is 8.42 Å². The standard InChI is InChI=1S/C20H29N5O2S.HI/c1-3-21-20(23-18-11-13-28(26,27)15-18)22-12-7-8-17-14-25(24-16(17)2)19-9-5-4-6-10-19;/h4-6,9-10,14,18H,3,7-8,11-13,15H2,1-2H3,(H2,21,22,23);1H. The topological polar surface area (TPSA) is 88.4 Å². The lowest BCUT2D eigenvalue weighted by atomic mass is 10.1. The van der Waals surface area contributed by atoms with Gasteiger partial charge in [0.15, 0.2) is 15.8 Å². The maximum absolute atomic E-state index is 11.6. The molecule has 0 amide bonds. The SMILES string of the molecule is CCNC(=NCCCc1cn(-c2ccccc2)nc1C)NC1CCS(=O)(=O)C1.I. The van der Waals surface area contributed by atoms with E-state index in [4.69, 9.17) is 0 Å². The minimum absolute atomic E-state index is 0. The normalized spacial score (nSPS) is 18.3. The second-order valence-electron chi connectivity index (χ2n) is 7.13. The third-order valence-electron chi connectivity index (χ3n) is 4.81. The lowest BCUT2D eigenvalue weighted by Gasteiger charge is -2.15. The molecule has 29 heavy (non-hydrogen) atoms. The van der Waals surface area contributed by atoms with Gasteiger partial charge >= 0.3 is 0 Å². The second-order valence-corrected chi connectivity index (χ2v) is 9.36. The lowest BCUT2D eigenvalue weighted by Crippen LogP contribution is -2.44. The van der Waals surface area contributed by atoms with Crippen molar-refractivity contribution in [2.24, 2.45) is 4.99 Å². The first kappa shape index (κ1) is 23.7. The molecule has 7 nitrogen and oxygen atoms in total. The van der Waals surface area contributed by atoms with E-state index >= 15 is 0 Å². The third-order valence-corrected chi connectivity index (χ3v) is 6.58. The van der Waals surface area contributed by atoms with Crippen LogP contribution in [0.3, 0.4) is 0 Å². The van der Waals surface area contributed by atoms with Crippen LogP contribution in [-0.2, 0) is 16.3 Å². The molecule has 160 valence electrons. The number of para-hydroxylation sites is 1. The summed E-state index contributed by atoms with van der Waals surface area (Å²) in [5, 5.41) is 11.1. The van der Waals surface area contributed by atoms with Crippen LogP contribution in [0.2, 0.25) is 0 Å². The molecule has 9 heteroatoms. The van der Waals surface area contributed by atoms with E-state index in [2.05, 4.69) is 26.9 Å². The summed E-state index contributed by atoms with van der Waals surface area (Å²) in [5.41, 5.74) is 3.31. The van der Waals surface area contributed by atoms with Crippen LogP contribution >= 0.6 is 24.0 Å². The van der Waals surface area contributed by atoms with Crippen molar-refractivity contribution in [1.29, 1.82) is 0 Å². The van der Waals surface area contributed by atoms with E-state index in [1.165, 1.54) is 5.56 Å². The average molecular weight is 531 g/mol. The highest BCUT2D eigenvalue weighted by atomic mass is 127. The van der Waals surface area contributed by atoms with Gasteiger partial charge < -0.3 is 10.6 Å². The highest BCUT2D eigenvalue weighted by Gasteiger charge is 2.28. The van der Waals surface area contributed by atoms with Crippen molar-refractivity contribution in [2.45, 2.75) is 39.2 Å². The van der Waals surface area contributed by atoms with Gasteiger partial charge in [0.2, 0.25) is 0 Å². The number of aromatic nitrogens is 2. The van der Waals surface area contributed by atoms with Crippen molar-refractivity contribution >= 4 is 39.8 Å². The predicted octanol–water partition coefficient (Wildman–Crippen LogP) is 2.47. The Labute approximate surface area is 190 Å². The molecule has 2 N–H and O–H groups in total. The van der Waals surface area contributed by atoms with Crippen LogP contribution < -0.4 is 10.6 Å². The summed E-state index contributed by atoms with van der Waals surface area (Å²) in [4.78, 5) is 4.61. The Bertz CT molecular complexity index is 912. The largest absolute Gasteiger partial charge is 0.357 e. The van der Waals surface area contributed by atoms with Crippen LogP contribution in [0.5, 0.6) is 0 Å². The first-order valence-electron chi connectivity index (χ1n) is 9.82. The van der Waals surface area contributed by atoms with Gasteiger partial charge in [-0.2, -0.15) is 5.10 Å². The molecule has 1 aromatic heterocycles. The fraction of sp³-hybridized carbons (Fsp3) is 0.500. The predicted molar refractivity (Wildman–Crippen MR) is 128 cm³/mol. The van der Waals surface area contributed by atoms with Gasteiger partial charge in [-0.25, -0.2) is 13.1 Å². The van der Waals surface area contributed by atoms with Crippen molar-refractivity contribution in [2.75, 3.05) is 24.6 Å². The van der Waals surface area contributed by atoms with Gasteiger partial charge in [0.1, 0.15) is 0 Å². The van der Waals surface area contributed by atoms with Gasteiger partial charge in [0.25, 0.3) is 0 Å². The Morgan fingerprint density at radius 3 is 2.72 bits per heavy atom. The molecule has 2 heterocycles. The van der Waals surface area contributed by atoms with Crippen LogP contribution in [0.1, 0.15) is 31.0 Å². The molecule has 1 saturated heterocycles. The Balaban J connectivity index is 0.00000300. The summed E-state index contributed by atoms with van der Waals surface area (Å²) in [6, 6.07) is 10.0. The second kappa shape index (κ2) is 11.0. The van der Waals surface area contributed by atoms with E-state index < -0.39 is 9.84 Å². The number of rotatable bonds is 7. The molecule has 1 fully saturated rings. The molecule has 0 spiro atoms. The van der Waals surface area contributed by atoms with Crippen LogP contribution in [0.25, 0.3) is 5.69 Å². The monoisotopic (exact) mass is 531 g/mol. The Morgan fingerprint density at radius 2 is 2.07 bits per heavy atom. The number of hydrogen-bond donors (Lipinski definition) is 2. The molecule has 2 aromatic rings. The van der Waals surface area contributed by atoms with Crippen molar-refractivity contribution < 1.29 is 8.42 Å². The molecule has 1 aromatic carbocycles. The van der Waals surface area contributed by atoms with Crippen molar-refractivity contribution in [3.63, 3.8) is 0 Å². The van der Waals surface area contributed by atoms with E-state index in [0.717, 1.165) is 30.8 Å². The number of nitrogens with zero attached hydrogens (tertiary/aromatic N) is 3. The summed E-state index contributed by atoms with van der Waals surface area (Å²) < 4.78 is 25.2. The molecule has 3 rings (SSSR count). The molecule has 0 saturated carbocycles. The Hall–Kier alpha value is -1.62.